The Morgan fingerprint density at radius 2 is 1.86 bits per heavy atom. The van der Waals surface area contributed by atoms with Gasteiger partial charge in [-0.3, -0.25) is 4.79 Å². The summed E-state index contributed by atoms with van der Waals surface area (Å²) in [6, 6.07) is 13.1. The molecule has 0 radical (unpaired) electrons. The lowest BCUT2D eigenvalue weighted by atomic mass is 10.0. The van der Waals surface area contributed by atoms with Gasteiger partial charge in [-0.2, -0.15) is 0 Å². The summed E-state index contributed by atoms with van der Waals surface area (Å²) in [6.07, 6.45) is 2.92. The fraction of sp³-hybridized carbons (Fsp3) is 0.0476. The van der Waals surface area contributed by atoms with Gasteiger partial charge in [-0.15, -0.1) is 0 Å². The molecule has 8 heteroatoms. The van der Waals surface area contributed by atoms with Gasteiger partial charge in [0.1, 0.15) is 29.0 Å². The van der Waals surface area contributed by atoms with Crippen molar-refractivity contribution in [3.8, 4) is 11.1 Å². The third-order valence-electron chi connectivity index (χ3n) is 4.65. The number of imidazole rings is 1. The summed E-state index contributed by atoms with van der Waals surface area (Å²) in [7, 11) is 0. The molecule has 0 atom stereocenters. The number of nitrogens with one attached hydrogen (secondary N) is 2. The third-order valence-corrected chi connectivity index (χ3v) is 4.65. The van der Waals surface area contributed by atoms with Gasteiger partial charge in [-0.05, 0) is 18.2 Å². The lowest BCUT2D eigenvalue weighted by molar-refractivity contribution is 0.546. The van der Waals surface area contributed by atoms with Crippen LogP contribution in [0.2, 0.25) is 0 Å². The normalized spacial score (nSPS) is 11.2. The molecule has 0 unspecified atom stereocenters. The summed E-state index contributed by atoms with van der Waals surface area (Å²) < 4.78 is 20.5. The molecule has 0 spiro atoms. The van der Waals surface area contributed by atoms with Crippen LogP contribution in [0.5, 0.6) is 0 Å². The Morgan fingerprint density at radius 3 is 2.76 bits per heavy atom. The van der Waals surface area contributed by atoms with Crippen molar-refractivity contribution in [2.45, 2.75) is 6.54 Å². The third kappa shape index (κ3) is 2.91. The van der Waals surface area contributed by atoms with E-state index in [2.05, 4.69) is 25.3 Å². The number of fused-ring (bicyclic) bond motifs is 2. The predicted molar refractivity (Wildman–Crippen MR) is 107 cm³/mol. The molecular weight excluding hydrogens is 373 g/mol. The zero-order chi connectivity index (χ0) is 19.8. The highest BCUT2D eigenvalue weighted by atomic mass is 19.1. The second kappa shape index (κ2) is 6.83. The fourth-order valence-corrected chi connectivity index (χ4v) is 3.31. The average molecular weight is 387 g/mol. The first-order chi connectivity index (χ1) is 14.2. The summed E-state index contributed by atoms with van der Waals surface area (Å²) in [5, 5.41) is 3.52. The summed E-state index contributed by atoms with van der Waals surface area (Å²) in [4.78, 5) is 28.6. The second-order valence-electron chi connectivity index (χ2n) is 6.38. The van der Waals surface area contributed by atoms with Gasteiger partial charge >= 0.3 is 0 Å². The Morgan fingerprint density at radius 1 is 1.03 bits per heavy atom. The lowest BCUT2D eigenvalue weighted by Crippen LogP contribution is -2.13. The van der Waals surface area contributed by atoms with Crippen LogP contribution in [-0.4, -0.2) is 19.9 Å². The van der Waals surface area contributed by atoms with Crippen LogP contribution in [0.4, 0.5) is 10.2 Å². The van der Waals surface area contributed by atoms with Gasteiger partial charge in [-0.1, -0.05) is 30.3 Å². The van der Waals surface area contributed by atoms with Crippen molar-refractivity contribution >= 4 is 28.0 Å². The van der Waals surface area contributed by atoms with Crippen LogP contribution in [0, 0.1) is 5.82 Å². The van der Waals surface area contributed by atoms with Gasteiger partial charge in [-0.25, -0.2) is 19.3 Å². The number of benzene rings is 2. The summed E-state index contributed by atoms with van der Waals surface area (Å²) in [5.41, 5.74) is 1.65. The van der Waals surface area contributed by atoms with Crippen molar-refractivity contribution in [1.29, 1.82) is 0 Å². The number of hydrogen-bond acceptors (Lipinski definition) is 6. The number of hydrogen-bond donors (Lipinski definition) is 2. The Labute approximate surface area is 163 Å². The molecule has 0 bridgehead atoms. The number of rotatable bonds is 4. The van der Waals surface area contributed by atoms with Crippen molar-refractivity contribution < 1.29 is 8.81 Å². The first-order valence-electron chi connectivity index (χ1n) is 8.90. The molecule has 29 heavy (non-hydrogen) atoms. The van der Waals surface area contributed by atoms with Crippen molar-refractivity contribution in [2.24, 2.45) is 0 Å². The zero-order valence-corrected chi connectivity index (χ0v) is 15.0. The van der Waals surface area contributed by atoms with Gasteiger partial charge in [0.25, 0.3) is 0 Å². The molecule has 7 nitrogen and oxygen atoms in total. The largest absolute Gasteiger partial charge is 0.458 e. The van der Waals surface area contributed by atoms with E-state index >= 15 is 0 Å². The van der Waals surface area contributed by atoms with Gasteiger partial charge < -0.3 is 14.7 Å². The number of H-pyrrole nitrogens is 1. The molecule has 0 fully saturated rings. The van der Waals surface area contributed by atoms with Gasteiger partial charge in [0.15, 0.2) is 11.5 Å². The van der Waals surface area contributed by atoms with E-state index in [0.29, 0.717) is 33.7 Å². The van der Waals surface area contributed by atoms with Crippen molar-refractivity contribution in [3.63, 3.8) is 0 Å². The second-order valence-corrected chi connectivity index (χ2v) is 6.38. The number of para-hydroxylation sites is 1. The molecule has 0 aliphatic carbocycles. The maximum Gasteiger partial charge on any atom is 0.200 e. The van der Waals surface area contributed by atoms with Crippen molar-refractivity contribution in [2.75, 3.05) is 5.32 Å². The minimum Gasteiger partial charge on any atom is -0.458 e. The molecule has 0 amide bonds. The minimum atomic E-state index is -0.493. The standard InChI is InChI=1S/C21H14FN5O2/c22-14-7-3-1-5-12(14)17-16(29-15-8-4-2-6-13(15)19(17)28)9-23-20-18-21(25-10-24-18)27-11-26-20/h1-8,10-11H,9H2,(H2,23,24,25,26,27). The molecule has 3 aromatic heterocycles. The molecule has 2 N–H and O–H groups in total. The average Bonchev–Trinajstić information content (AvgIpc) is 3.23. The maximum atomic E-state index is 14.5. The molecule has 142 valence electrons. The highest BCUT2D eigenvalue weighted by Crippen LogP contribution is 2.27. The zero-order valence-electron chi connectivity index (χ0n) is 15.0. The first kappa shape index (κ1) is 17.1. The quantitative estimate of drug-likeness (QED) is 0.486. The number of halogens is 1. The minimum absolute atomic E-state index is 0.114. The molecule has 0 saturated heterocycles. The Balaban J connectivity index is 1.66. The van der Waals surface area contributed by atoms with E-state index in [-0.39, 0.29) is 23.1 Å². The van der Waals surface area contributed by atoms with Crippen molar-refractivity contribution in [1.82, 2.24) is 19.9 Å². The number of aromatic nitrogens is 4. The van der Waals surface area contributed by atoms with E-state index in [9.17, 15) is 9.18 Å². The highest BCUT2D eigenvalue weighted by molar-refractivity contribution is 5.84. The van der Waals surface area contributed by atoms with E-state index in [1.54, 1.807) is 42.5 Å². The number of anilines is 1. The SMILES string of the molecule is O=c1c(-c2ccccc2F)c(CNc2ncnc3[nH]cnc23)oc2ccccc12. The Bertz CT molecular complexity index is 1410. The Kier molecular flexibility index (Phi) is 4.02. The smallest absolute Gasteiger partial charge is 0.200 e. The summed E-state index contributed by atoms with van der Waals surface area (Å²) in [5.74, 6) is 0.292. The molecule has 3 heterocycles. The molecule has 0 aliphatic rings. The predicted octanol–water partition coefficient (Wildman–Crippen LogP) is 3.88. The molecule has 5 aromatic rings. The van der Waals surface area contributed by atoms with Gasteiger partial charge in [0.05, 0.1) is 23.8 Å². The van der Waals surface area contributed by atoms with Crippen LogP contribution < -0.4 is 10.7 Å². The van der Waals surface area contributed by atoms with Crippen LogP contribution in [-0.2, 0) is 6.54 Å². The van der Waals surface area contributed by atoms with E-state index in [1.807, 2.05) is 0 Å². The molecule has 0 saturated carbocycles. The van der Waals surface area contributed by atoms with E-state index in [4.69, 9.17) is 4.42 Å². The van der Waals surface area contributed by atoms with E-state index in [1.165, 1.54) is 18.7 Å². The number of aromatic amines is 1. The highest BCUT2D eigenvalue weighted by Gasteiger charge is 2.19. The lowest BCUT2D eigenvalue weighted by Gasteiger charge is -2.12. The van der Waals surface area contributed by atoms with Crippen LogP contribution in [0.3, 0.4) is 0 Å². The van der Waals surface area contributed by atoms with E-state index in [0.717, 1.165) is 0 Å². The number of nitrogens with zero attached hydrogens (tertiary/aromatic N) is 3. The Hall–Kier alpha value is -4.07. The van der Waals surface area contributed by atoms with Crippen LogP contribution >= 0.6 is 0 Å². The molecule has 5 rings (SSSR count). The van der Waals surface area contributed by atoms with Crippen LogP contribution in [0.15, 0.2) is 70.4 Å². The van der Waals surface area contributed by atoms with Crippen LogP contribution in [0.25, 0.3) is 33.3 Å². The first-order valence-corrected chi connectivity index (χ1v) is 8.90. The van der Waals surface area contributed by atoms with Crippen molar-refractivity contribution in [3.05, 3.63) is 83.0 Å². The topological polar surface area (TPSA) is 96.7 Å². The van der Waals surface area contributed by atoms with E-state index < -0.39 is 5.82 Å². The summed E-state index contributed by atoms with van der Waals surface area (Å²) >= 11 is 0. The molecular formula is C21H14FN5O2. The van der Waals surface area contributed by atoms with Gasteiger partial charge in [0.2, 0.25) is 5.43 Å². The monoisotopic (exact) mass is 387 g/mol. The molecule has 2 aromatic carbocycles. The fourth-order valence-electron chi connectivity index (χ4n) is 3.31. The molecule has 0 aliphatic heterocycles. The summed E-state index contributed by atoms with van der Waals surface area (Å²) in [6.45, 7) is 0.114. The van der Waals surface area contributed by atoms with Crippen LogP contribution in [0.1, 0.15) is 5.76 Å². The van der Waals surface area contributed by atoms with Gasteiger partial charge in [0, 0.05) is 5.56 Å². The maximum absolute atomic E-state index is 14.5.